The number of benzene rings is 1. The van der Waals surface area contributed by atoms with Crippen molar-refractivity contribution in [2.75, 3.05) is 0 Å². The maximum Gasteiger partial charge on any atom is 0.338 e. The molecule has 0 aliphatic heterocycles. The number of hydrogen-bond acceptors (Lipinski definition) is 3. The fourth-order valence-electron chi connectivity index (χ4n) is 2.09. The summed E-state index contributed by atoms with van der Waals surface area (Å²) in [5.41, 5.74) is 2.79. The van der Waals surface area contributed by atoms with Crippen molar-refractivity contribution in [2.24, 2.45) is 0 Å². The monoisotopic (exact) mass is 240 g/mol. The Bertz CT molecular complexity index is 594. The molecule has 1 aromatic carbocycles. The summed E-state index contributed by atoms with van der Waals surface area (Å²) in [6.45, 7) is 0.172. The van der Waals surface area contributed by atoms with Gasteiger partial charge in [-0.25, -0.2) is 4.79 Å². The van der Waals surface area contributed by atoms with Crippen LogP contribution in [-0.2, 0) is 22.6 Å². The van der Waals surface area contributed by atoms with Gasteiger partial charge in [0.15, 0.2) is 0 Å². The highest BCUT2D eigenvalue weighted by Crippen LogP contribution is 2.28. The summed E-state index contributed by atoms with van der Waals surface area (Å²) >= 11 is 0. The van der Waals surface area contributed by atoms with Gasteiger partial charge in [0.2, 0.25) is 0 Å². The standard InChI is InChI=1S/C15H12O3/c16-15(18-10-12-5-3-9-17-12)14-8-7-11-4-1-2-6-13(11)14/h1-6,8-9H,7,10H2. The van der Waals surface area contributed by atoms with Gasteiger partial charge in [-0.3, -0.25) is 0 Å². The molecule has 18 heavy (non-hydrogen) atoms. The first-order valence-electron chi connectivity index (χ1n) is 5.82. The molecule has 0 radical (unpaired) electrons. The average molecular weight is 240 g/mol. The zero-order chi connectivity index (χ0) is 12.4. The molecule has 0 saturated carbocycles. The topological polar surface area (TPSA) is 39.4 Å². The van der Waals surface area contributed by atoms with Gasteiger partial charge in [-0.15, -0.1) is 0 Å². The number of ether oxygens (including phenoxy) is 1. The Morgan fingerprint density at radius 2 is 2.11 bits per heavy atom. The van der Waals surface area contributed by atoms with Crippen molar-refractivity contribution in [1.29, 1.82) is 0 Å². The highest BCUT2D eigenvalue weighted by molar-refractivity contribution is 6.18. The molecular formula is C15H12O3. The SMILES string of the molecule is O=C(OCc1ccco1)C1=CCc2ccccc21. The van der Waals surface area contributed by atoms with Gasteiger partial charge in [0, 0.05) is 0 Å². The molecule has 3 nitrogen and oxygen atoms in total. The summed E-state index contributed by atoms with van der Waals surface area (Å²) in [7, 11) is 0. The second-order valence-electron chi connectivity index (χ2n) is 4.13. The summed E-state index contributed by atoms with van der Waals surface area (Å²) in [5, 5.41) is 0. The van der Waals surface area contributed by atoms with Crippen LogP contribution in [0, 0.1) is 0 Å². The normalized spacial score (nSPS) is 13.0. The lowest BCUT2D eigenvalue weighted by Crippen LogP contribution is -2.06. The number of rotatable bonds is 3. The maximum atomic E-state index is 12.0. The molecule has 0 saturated heterocycles. The third-order valence-electron chi connectivity index (χ3n) is 2.98. The summed E-state index contributed by atoms with van der Waals surface area (Å²) in [5.74, 6) is 0.353. The number of carbonyl (C=O) groups excluding carboxylic acids is 1. The molecule has 0 fully saturated rings. The minimum atomic E-state index is -0.295. The van der Waals surface area contributed by atoms with Gasteiger partial charge in [0.05, 0.1) is 11.8 Å². The van der Waals surface area contributed by atoms with E-state index in [2.05, 4.69) is 0 Å². The van der Waals surface area contributed by atoms with Crippen LogP contribution in [0.4, 0.5) is 0 Å². The Labute approximate surface area is 105 Å². The number of esters is 1. The van der Waals surface area contributed by atoms with Gasteiger partial charge in [0.1, 0.15) is 12.4 Å². The second-order valence-corrected chi connectivity index (χ2v) is 4.13. The number of carbonyl (C=O) groups is 1. The molecule has 1 aliphatic carbocycles. The lowest BCUT2D eigenvalue weighted by atomic mass is 10.1. The first-order valence-corrected chi connectivity index (χ1v) is 5.82. The van der Waals surface area contributed by atoms with Gasteiger partial charge in [-0.05, 0) is 29.7 Å². The highest BCUT2D eigenvalue weighted by Gasteiger charge is 2.20. The molecule has 0 bridgehead atoms. The fourth-order valence-corrected chi connectivity index (χ4v) is 2.09. The zero-order valence-corrected chi connectivity index (χ0v) is 9.76. The predicted octanol–water partition coefficient (Wildman–Crippen LogP) is 2.96. The number of fused-ring (bicyclic) bond motifs is 1. The Hall–Kier alpha value is -2.29. The van der Waals surface area contributed by atoms with Gasteiger partial charge in [-0.1, -0.05) is 30.3 Å². The molecule has 0 atom stereocenters. The summed E-state index contributed by atoms with van der Waals surface area (Å²) in [4.78, 5) is 12.0. The van der Waals surface area contributed by atoms with Crippen LogP contribution in [0.15, 0.2) is 53.2 Å². The van der Waals surface area contributed by atoms with Crippen molar-refractivity contribution in [1.82, 2.24) is 0 Å². The average Bonchev–Trinajstić information content (AvgIpc) is 3.05. The third-order valence-corrected chi connectivity index (χ3v) is 2.98. The predicted molar refractivity (Wildman–Crippen MR) is 66.6 cm³/mol. The van der Waals surface area contributed by atoms with Crippen molar-refractivity contribution in [3.8, 4) is 0 Å². The van der Waals surface area contributed by atoms with Crippen LogP contribution in [0.2, 0.25) is 0 Å². The van der Waals surface area contributed by atoms with E-state index >= 15 is 0 Å². The molecular weight excluding hydrogens is 228 g/mol. The minimum Gasteiger partial charge on any atom is -0.466 e. The first-order chi connectivity index (χ1) is 8.84. The van der Waals surface area contributed by atoms with Crippen LogP contribution in [-0.4, -0.2) is 5.97 Å². The summed E-state index contributed by atoms with van der Waals surface area (Å²) in [6.07, 6.45) is 4.27. The van der Waals surface area contributed by atoms with E-state index in [9.17, 15) is 4.79 Å². The van der Waals surface area contributed by atoms with Gasteiger partial charge >= 0.3 is 5.97 Å². The van der Waals surface area contributed by atoms with E-state index in [-0.39, 0.29) is 12.6 Å². The van der Waals surface area contributed by atoms with E-state index in [1.807, 2.05) is 30.3 Å². The van der Waals surface area contributed by atoms with Crippen LogP contribution in [0.3, 0.4) is 0 Å². The highest BCUT2D eigenvalue weighted by atomic mass is 16.5. The third kappa shape index (κ3) is 1.95. The van der Waals surface area contributed by atoms with E-state index in [0.717, 1.165) is 12.0 Å². The zero-order valence-electron chi connectivity index (χ0n) is 9.76. The molecule has 3 heteroatoms. The van der Waals surface area contributed by atoms with Crippen molar-refractivity contribution in [3.63, 3.8) is 0 Å². The molecule has 0 amide bonds. The maximum absolute atomic E-state index is 12.0. The van der Waals surface area contributed by atoms with Crippen molar-refractivity contribution in [2.45, 2.75) is 13.0 Å². The molecule has 1 heterocycles. The van der Waals surface area contributed by atoms with E-state index < -0.39 is 0 Å². The molecule has 2 aromatic rings. The van der Waals surface area contributed by atoms with Crippen LogP contribution in [0.5, 0.6) is 0 Å². The van der Waals surface area contributed by atoms with Crippen LogP contribution < -0.4 is 0 Å². The molecule has 0 spiro atoms. The lowest BCUT2D eigenvalue weighted by molar-refractivity contribution is -0.138. The Balaban J connectivity index is 1.71. The first kappa shape index (κ1) is 10.8. The molecule has 1 aromatic heterocycles. The number of hydrogen-bond donors (Lipinski definition) is 0. The Morgan fingerprint density at radius 1 is 1.22 bits per heavy atom. The van der Waals surface area contributed by atoms with Crippen LogP contribution >= 0.6 is 0 Å². The van der Waals surface area contributed by atoms with Crippen molar-refractivity contribution in [3.05, 3.63) is 65.6 Å². The molecule has 3 rings (SSSR count). The van der Waals surface area contributed by atoms with Gasteiger partial charge in [0.25, 0.3) is 0 Å². The van der Waals surface area contributed by atoms with Gasteiger partial charge in [-0.2, -0.15) is 0 Å². The minimum absolute atomic E-state index is 0.172. The summed E-state index contributed by atoms with van der Waals surface area (Å²) in [6, 6.07) is 11.4. The fraction of sp³-hybridized carbons (Fsp3) is 0.133. The number of allylic oxidation sites excluding steroid dienone is 1. The van der Waals surface area contributed by atoms with E-state index in [0.29, 0.717) is 11.3 Å². The van der Waals surface area contributed by atoms with E-state index in [1.165, 1.54) is 5.56 Å². The van der Waals surface area contributed by atoms with E-state index in [1.54, 1.807) is 18.4 Å². The van der Waals surface area contributed by atoms with Gasteiger partial charge < -0.3 is 9.15 Å². The molecule has 0 N–H and O–H groups in total. The molecule has 0 unspecified atom stereocenters. The number of furan rings is 1. The van der Waals surface area contributed by atoms with E-state index in [4.69, 9.17) is 9.15 Å². The quantitative estimate of drug-likeness (QED) is 0.774. The molecule has 1 aliphatic rings. The van der Waals surface area contributed by atoms with Crippen LogP contribution in [0.25, 0.3) is 5.57 Å². The van der Waals surface area contributed by atoms with Crippen molar-refractivity contribution >= 4 is 11.5 Å². The lowest BCUT2D eigenvalue weighted by Gasteiger charge is -2.05. The van der Waals surface area contributed by atoms with Crippen molar-refractivity contribution < 1.29 is 13.9 Å². The van der Waals surface area contributed by atoms with Crippen LogP contribution in [0.1, 0.15) is 16.9 Å². The Morgan fingerprint density at radius 3 is 2.94 bits per heavy atom. The second kappa shape index (κ2) is 4.53. The largest absolute Gasteiger partial charge is 0.466 e. The summed E-state index contributed by atoms with van der Waals surface area (Å²) < 4.78 is 10.3. The molecule has 90 valence electrons. The smallest absolute Gasteiger partial charge is 0.338 e. The Kier molecular flexibility index (Phi) is 2.73.